The predicted octanol–water partition coefficient (Wildman–Crippen LogP) is 2.85. The van der Waals surface area contributed by atoms with E-state index in [1.807, 2.05) is 0 Å². The number of benzene rings is 1. The SMILES string of the molecule is CC(C)c1ccc([C@@H](C)OCCN)cc1. The van der Waals surface area contributed by atoms with Crippen molar-refractivity contribution in [2.24, 2.45) is 5.73 Å². The van der Waals surface area contributed by atoms with Crippen molar-refractivity contribution in [1.29, 1.82) is 0 Å². The minimum atomic E-state index is 0.134. The molecule has 1 aromatic carbocycles. The fourth-order valence-corrected chi connectivity index (χ4v) is 1.49. The van der Waals surface area contributed by atoms with Gasteiger partial charge >= 0.3 is 0 Å². The van der Waals surface area contributed by atoms with Crippen LogP contribution in [0.3, 0.4) is 0 Å². The summed E-state index contributed by atoms with van der Waals surface area (Å²) in [5.74, 6) is 0.583. The second-order valence-electron chi connectivity index (χ2n) is 4.12. The van der Waals surface area contributed by atoms with Gasteiger partial charge in [-0.15, -0.1) is 0 Å². The second-order valence-corrected chi connectivity index (χ2v) is 4.12. The van der Waals surface area contributed by atoms with E-state index in [2.05, 4.69) is 45.0 Å². The highest BCUT2D eigenvalue weighted by atomic mass is 16.5. The minimum Gasteiger partial charge on any atom is -0.373 e. The van der Waals surface area contributed by atoms with E-state index >= 15 is 0 Å². The van der Waals surface area contributed by atoms with Crippen molar-refractivity contribution in [2.75, 3.05) is 13.2 Å². The second kappa shape index (κ2) is 5.89. The van der Waals surface area contributed by atoms with Crippen LogP contribution in [0.2, 0.25) is 0 Å². The molecule has 84 valence electrons. The summed E-state index contributed by atoms with van der Waals surface area (Å²) in [6, 6.07) is 8.61. The molecule has 0 heterocycles. The molecular weight excluding hydrogens is 186 g/mol. The van der Waals surface area contributed by atoms with E-state index in [4.69, 9.17) is 10.5 Å². The molecule has 0 spiro atoms. The summed E-state index contributed by atoms with van der Waals surface area (Å²) in [6.07, 6.45) is 0.134. The quantitative estimate of drug-likeness (QED) is 0.805. The van der Waals surface area contributed by atoms with E-state index in [-0.39, 0.29) is 6.10 Å². The van der Waals surface area contributed by atoms with Gasteiger partial charge in [0.15, 0.2) is 0 Å². The lowest BCUT2D eigenvalue weighted by atomic mass is 10.0. The van der Waals surface area contributed by atoms with Gasteiger partial charge in [0, 0.05) is 6.54 Å². The van der Waals surface area contributed by atoms with Crippen LogP contribution in [0, 0.1) is 0 Å². The molecule has 15 heavy (non-hydrogen) atoms. The third-order valence-corrected chi connectivity index (χ3v) is 2.56. The molecule has 1 rings (SSSR count). The minimum absolute atomic E-state index is 0.134. The molecule has 1 aromatic rings. The molecule has 0 radical (unpaired) electrons. The molecule has 2 nitrogen and oxygen atoms in total. The molecule has 0 bridgehead atoms. The molecule has 0 fully saturated rings. The first-order chi connectivity index (χ1) is 7.15. The average Bonchev–Trinajstić information content (AvgIpc) is 2.26. The maximum atomic E-state index is 5.55. The number of ether oxygens (including phenoxy) is 1. The molecule has 2 N–H and O–H groups in total. The van der Waals surface area contributed by atoms with Crippen LogP contribution in [0.5, 0.6) is 0 Å². The summed E-state index contributed by atoms with van der Waals surface area (Å²) in [4.78, 5) is 0. The van der Waals surface area contributed by atoms with Gasteiger partial charge in [-0.25, -0.2) is 0 Å². The number of nitrogens with two attached hydrogens (primary N) is 1. The summed E-state index contributed by atoms with van der Waals surface area (Å²) >= 11 is 0. The first-order valence-electron chi connectivity index (χ1n) is 5.56. The zero-order valence-corrected chi connectivity index (χ0v) is 9.86. The first kappa shape index (κ1) is 12.2. The Bertz CT molecular complexity index is 279. The van der Waals surface area contributed by atoms with E-state index in [9.17, 15) is 0 Å². The molecule has 0 amide bonds. The van der Waals surface area contributed by atoms with Gasteiger partial charge in [-0.1, -0.05) is 38.1 Å². The Morgan fingerprint density at radius 2 is 1.60 bits per heavy atom. The van der Waals surface area contributed by atoms with Gasteiger partial charge in [-0.2, -0.15) is 0 Å². The molecule has 2 heteroatoms. The van der Waals surface area contributed by atoms with Crippen LogP contribution >= 0.6 is 0 Å². The zero-order valence-electron chi connectivity index (χ0n) is 9.86. The van der Waals surface area contributed by atoms with Crippen molar-refractivity contribution in [3.8, 4) is 0 Å². The standard InChI is InChI=1S/C13H21NO/c1-10(2)12-4-6-13(7-5-12)11(3)15-9-8-14/h4-7,10-11H,8-9,14H2,1-3H3/t11-/m1/s1. The fourth-order valence-electron chi connectivity index (χ4n) is 1.49. The normalized spacial score (nSPS) is 13.1. The van der Waals surface area contributed by atoms with E-state index in [0.29, 0.717) is 19.1 Å². The van der Waals surface area contributed by atoms with E-state index in [1.54, 1.807) is 0 Å². The molecule has 0 saturated carbocycles. The molecular formula is C13H21NO. The summed E-state index contributed by atoms with van der Waals surface area (Å²) in [6.45, 7) is 7.65. The van der Waals surface area contributed by atoms with E-state index < -0.39 is 0 Å². The lowest BCUT2D eigenvalue weighted by Crippen LogP contribution is -2.10. The largest absolute Gasteiger partial charge is 0.373 e. The van der Waals surface area contributed by atoms with Crippen LogP contribution in [-0.4, -0.2) is 13.2 Å². The van der Waals surface area contributed by atoms with Gasteiger partial charge < -0.3 is 10.5 Å². The number of hydrogen-bond acceptors (Lipinski definition) is 2. The Labute approximate surface area is 92.4 Å². The lowest BCUT2D eigenvalue weighted by molar-refractivity contribution is 0.0718. The van der Waals surface area contributed by atoms with Crippen molar-refractivity contribution >= 4 is 0 Å². The highest BCUT2D eigenvalue weighted by molar-refractivity contribution is 5.25. The Balaban J connectivity index is 2.62. The Morgan fingerprint density at radius 3 is 2.07 bits per heavy atom. The third kappa shape index (κ3) is 3.65. The smallest absolute Gasteiger partial charge is 0.0797 e. The fraction of sp³-hybridized carbons (Fsp3) is 0.538. The summed E-state index contributed by atoms with van der Waals surface area (Å²) in [7, 11) is 0. The zero-order chi connectivity index (χ0) is 11.3. The average molecular weight is 207 g/mol. The van der Waals surface area contributed by atoms with Crippen LogP contribution in [-0.2, 0) is 4.74 Å². The highest BCUT2D eigenvalue weighted by Crippen LogP contribution is 2.20. The van der Waals surface area contributed by atoms with Gasteiger partial charge in [-0.05, 0) is 24.0 Å². The topological polar surface area (TPSA) is 35.2 Å². The van der Waals surface area contributed by atoms with Crippen LogP contribution in [0.1, 0.15) is 43.9 Å². The van der Waals surface area contributed by atoms with Crippen LogP contribution in [0.25, 0.3) is 0 Å². The van der Waals surface area contributed by atoms with Crippen LogP contribution < -0.4 is 5.73 Å². The maximum absolute atomic E-state index is 5.55. The van der Waals surface area contributed by atoms with E-state index in [0.717, 1.165) is 0 Å². The first-order valence-corrected chi connectivity index (χ1v) is 5.56. The monoisotopic (exact) mass is 207 g/mol. The summed E-state index contributed by atoms with van der Waals surface area (Å²) in [5, 5.41) is 0. The maximum Gasteiger partial charge on any atom is 0.0797 e. The third-order valence-electron chi connectivity index (χ3n) is 2.56. The lowest BCUT2D eigenvalue weighted by Gasteiger charge is -2.14. The van der Waals surface area contributed by atoms with Gasteiger partial charge in [-0.3, -0.25) is 0 Å². The summed E-state index contributed by atoms with van der Waals surface area (Å²) in [5.41, 5.74) is 7.97. The predicted molar refractivity (Wildman–Crippen MR) is 64.0 cm³/mol. The molecule has 0 aliphatic carbocycles. The Kier molecular flexibility index (Phi) is 4.79. The highest BCUT2D eigenvalue weighted by Gasteiger charge is 2.05. The molecule has 0 aliphatic heterocycles. The molecule has 0 saturated heterocycles. The van der Waals surface area contributed by atoms with Gasteiger partial charge in [0.05, 0.1) is 12.7 Å². The molecule has 0 unspecified atom stereocenters. The molecule has 0 aliphatic rings. The van der Waals surface area contributed by atoms with Crippen molar-refractivity contribution in [3.63, 3.8) is 0 Å². The van der Waals surface area contributed by atoms with Crippen molar-refractivity contribution in [1.82, 2.24) is 0 Å². The molecule has 0 aromatic heterocycles. The van der Waals surface area contributed by atoms with Crippen molar-refractivity contribution in [3.05, 3.63) is 35.4 Å². The Morgan fingerprint density at radius 1 is 1.07 bits per heavy atom. The van der Waals surface area contributed by atoms with Gasteiger partial charge in [0.25, 0.3) is 0 Å². The van der Waals surface area contributed by atoms with Crippen molar-refractivity contribution < 1.29 is 4.74 Å². The van der Waals surface area contributed by atoms with Crippen LogP contribution in [0.4, 0.5) is 0 Å². The molecule has 1 atom stereocenters. The van der Waals surface area contributed by atoms with Crippen molar-refractivity contribution in [2.45, 2.75) is 32.8 Å². The summed E-state index contributed by atoms with van der Waals surface area (Å²) < 4.78 is 5.55. The Hall–Kier alpha value is -0.860. The van der Waals surface area contributed by atoms with Crippen LogP contribution in [0.15, 0.2) is 24.3 Å². The number of rotatable bonds is 5. The van der Waals surface area contributed by atoms with E-state index in [1.165, 1.54) is 11.1 Å². The van der Waals surface area contributed by atoms with Gasteiger partial charge in [0.2, 0.25) is 0 Å². The van der Waals surface area contributed by atoms with Gasteiger partial charge in [0.1, 0.15) is 0 Å². The number of hydrogen-bond donors (Lipinski definition) is 1.